The van der Waals surface area contributed by atoms with E-state index in [0.717, 1.165) is 30.8 Å². The van der Waals surface area contributed by atoms with Gasteiger partial charge in [-0.1, -0.05) is 64.2 Å². The van der Waals surface area contributed by atoms with Crippen LogP contribution in [0.1, 0.15) is 70.4 Å². The largest absolute Gasteiger partial charge is 0.493 e. The van der Waals surface area contributed by atoms with Gasteiger partial charge in [-0.25, -0.2) is 0 Å². The highest BCUT2D eigenvalue weighted by atomic mass is 16.5. The van der Waals surface area contributed by atoms with Crippen molar-refractivity contribution in [1.29, 1.82) is 0 Å². The van der Waals surface area contributed by atoms with Crippen LogP contribution < -0.4 is 10.5 Å². The Morgan fingerprint density at radius 1 is 1.00 bits per heavy atom. The number of rotatable bonds is 10. The average molecular weight is 263 g/mol. The van der Waals surface area contributed by atoms with Gasteiger partial charge in [-0.2, -0.15) is 0 Å². The van der Waals surface area contributed by atoms with Crippen LogP contribution in [0.15, 0.2) is 24.3 Å². The Kier molecular flexibility index (Phi) is 8.31. The number of hydrogen-bond acceptors (Lipinski definition) is 2. The van der Waals surface area contributed by atoms with Crippen LogP contribution in [0, 0.1) is 0 Å². The van der Waals surface area contributed by atoms with Crippen molar-refractivity contribution in [2.75, 3.05) is 6.61 Å². The molecule has 2 heteroatoms. The van der Waals surface area contributed by atoms with Crippen molar-refractivity contribution in [3.63, 3.8) is 0 Å². The Morgan fingerprint density at radius 2 is 1.68 bits per heavy atom. The Balaban J connectivity index is 2.29. The van der Waals surface area contributed by atoms with Crippen LogP contribution in [0.2, 0.25) is 0 Å². The van der Waals surface area contributed by atoms with Crippen molar-refractivity contribution in [3.8, 4) is 5.75 Å². The minimum absolute atomic E-state index is 0.0840. The molecule has 1 aromatic carbocycles. The first-order chi connectivity index (χ1) is 9.29. The summed E-state index contributed by atoms with van der Waals surface area (Å²) in [6.45, 7) is 5.16. The number of benzene rings is 1. The van der Waals surface area contributed by atoms with Crippen molar-refractivity contribution in [1.82, 2.24) is 0 Å². The molecule has 0 saturated heterocycles. The van der Waals surface area contributed by atoms with Gasteiger partial charge in [0.05, 0.1) is 6.61 Å². The summed E-state index contributed by atoms with van der Waals surface area (Å²) in [5.41, 5.74) is 7.24. The van der Waals surface area contributed by atoms with E-state index < -0.39 is 0 Å². The van der Waals surface area contributed by atoms with Gasteiger partial charge in [0.2, 0.25) is 0 Å². The van der Waals surface area contributed by atoms with E-state index in [9.17, 15) is 0 Å². The lowest BCUT2D eigenvalue weighted by Gasteiger charge is -2.15. The summed E-state index contributed by atoms with van der Waals surface area (Å²) in [5.74, 6) is 0.963. The zero-order chi connectivity index (χ0) is 13.9. The van der Waals surface area contributed by atoms with Gasteiger partial charge in [-0.3, -0.25) is 0 Å². The molecule has 0 unspecified atom stereocenters. The van der Waals surface area contributed by atoms with Crippen molar-refractivity contribution in [2.45, 2.75) is 64.8 Å². The molecule has 0 aliphatic carbocycles. The first kappa shape index (κ1) is 16.0. The molecule has 2 N–H and O–H groups in total. The number of ether oxygens (including phenoxy) is 1. The predicted octanol–water partition coefficient (Wildman–Crippen LogP) is 4.84. The molecule has 108 valence electrons. The highest BCUT2D eigenvalue weighted by Crippen LogP contribution is 2.25. The van der Waals surface area contributed by atoms with E-state index in [2.05, 4.69) is 19.9 Å². The van der Waals surface area contributed by atoms with Crippen LogP contribution in [0.3, 0.4) is 0 Å². The van der Waals surface area contributed by atoms with Crippen LogP contribution in [-0.4, -0.2) is 6.61 Å². The SMILES string of the molecule is CCCCCCCCOc1ccccc1[C@@H](N)CC. The summed E-state index contributed by atoms with van der Waals surface area (Å²) >= 11 is 0. The van der Waals surface area contributed by atoms with Crippen molar-refractivity contribution in [3.05, 3.63) is 29.8 Å². The molecule has 0 amide bonds. The van der Waals surface area contributed by atoms with E-state index >= 15 is 0 Å². The Bertz CT molecular complexity index is 338. The first-order valence-corrected chi connectivity index (χ1v) is 7.76. The third-order valence-corrected chi connectivity index (χ3v) is 3.51. The monoisotopic (exact) mass is 263 g/mol. The summed E-state index contributed by atoms with van der Waals surface area (Å²) in [4.78, 5) is 0. The molecular formula is C17H29NO. The zero-order valence-electron chi connectivity index (χ0n) is 12.5. The Morgan fingerprint density at radius 3 is 2.42 bits per heavy atom. The molecule has 0 aromatic heterocycles. The lowest BCUT2D eigenvalue weighted by molar-refractivity contribution is 0.299. The van der Waals surface area contributed by atoms with Gasteiger partial charge in [-0.15, -0.1) is 0 Å². The summed E-state index contributed by atoms with van der Waals surface area (Å²) in [7, 11) is 0. The molecule has 0 radical (unpaired) electrons. The molecule has 1 rings (SSSR count). The molecule has 0 saturated carbocycles. The maximum atomic E-state index is 6.10. The highest BCUT2D eigenvalue weighted by Gasteiger charge is 2.09. The van der Waals surface area contributed by atoms with Crippen LogP contribution >= 0.6 is 0 Å². The Labute approximate surface area is 118 Å². The van der Waals surface area contributed by atoms with Gasteiger partial charge in [0.15, 0.2) is 0 Å². The molecule has 0 aliphatic rings. The lowest BCUT2D eigenvalue weighted by Crippen LogP contribution is -2.11. The maximum Gasteiger partial charge on any atom is 0.124 e. The highest BCUT2D eigenvalue weighted by molar-refractivity contribution is 5.35. The quantitative estimate of drug-likeness (QED) is 0.613. The van der Waals surface area contributed by atoms with Gasteiger partial charge >= 0.3 is 0 Å². The number of nitrogens with two attached hydrogens (primary N) is 1. The van der Waals surface area contributed by atoms with Crippen LogP contribution in [0.5, 0.6) is 5.75 Å². The molecule has 1 aromatic rings. The van der Waals surface area contributed by atoms with Gasteiger partial charge in [0, 0.05) is 11.6 Å². The number of unbranched alkanes of at least 4 members (excludes halogenated alkanes) is 5. The summed E-state index contributed by atoms with van der Waals surface area (Å²) in [6, 6.07) is 8.23. The van der Waals surface area contributed by atoms with E-state index in [-0.39, 0.29) is 6.04 Å². The second-order valence-electron chi connectivity index (χ2n) is 5.17. The lowest BCUT2D eigenvalue weighted by atomic mass is 10.0. The van der Waals surface area contributed by atoms with E-state index in [4.69, 9.17) is 10.5 Å². The van der Waals surface area contributed by atoms with E-state index in [1.165, 1.54) is 32.1 Å². The second-order valence-corrected chi connectivity index (χ2v) is 5.17. The normalized spacial score (nSPS) is 12.4. The van der Waals surface area contributed by atoms with Crippen molar-refractivity contribution in [2.24, 2.45) is 5.73 Å². The van der Waals surface area contributed by atoms with Gasteiger partial charge < -0.3 is 10.5 Å². The van der Waals surface area contributed by atoms with E-state index in [1.54, 1.807) is 0 Å². The smallest absolute Gasteiger partial charge is 0.124 e. The van der Waals surface area contributed by atoms with Crippen molar-refractivity contribution < 1.29 is 4.74 Å². The van der Waals surface area contributed by atoms with Gasteiger partial charge in [-0.05, 0) is 18.9 Å². The molecule has 0 bridgehead atoms. The van der Waals surface area contributed by atoms with Crippen LogP contribution in [0.4, 0.5) is 0 Å². The van der Waals surface area contributed by atoms with E-state index in [0.29, 0.717) is 0 Å². The topological polar surface area (TPSA) is 35.2 Å². The minimum Gasteiger partial charge on any atom is -0.493 e. The fraction of sp³-hybridized carbons (Fsp3) is 0.647. The first-order valence-electron chi connectivity index (χ1n) is 7.76. The fourth-order valence-electron chi connectivity index (χ4n) is 2.20. The third-order valence-electron chi connectivity index (χ3n) is 3.51. The Hall–Kier alpha value is -1.02. The summed E-state index contributed by atoms with van der Waals surface area (Å²) in [6.07, 6.45) is 8.69. The summed E-state index contributed by atoms with van der Waals surface area (Å²) < 4.78 is 5.89. The van der Waals surface area contributed by atoms with Gasteiger partial charge in [0.25, 0.3) is 0 Å². The fourth-order valence-corrected chi connectivity index (χ4v) is 2.20. The molecule has 0 fully saturated rings. The molecule has 19 heavy (non-hydrogen) atoms. The molecule has 0 spiro atoms. The summed E-state index contributed by atoms with van der Waals surface area (Å²) in [5, 5.41) is 0. The number of para-hydroxylation sites is 1. The van der Waals surface area contributed by atoms with E-state index in [1.807, 2.05) is 18.2 Å². The minimum atomic E-state index is 0.0840. The zero-order valence-corrected chi connectivity index (χ0v) is 12.5. The van der Waals surface area contributed by atoms with Crippen molar-refractivity contribution >= 4 is 0 Å². The molecule has 0 heterocycles. The molecule has 2 nitrogen and oxygen atoms in total. The molecule has 1 atom stereocenters. The van der Waals surface area contributed by atoms with Gasteiger partial charge in [0.1, 0.15) is 5.75 Å². The standard InChI is InChI=1S/C17H29NO/c1-3-5-6-7-8-11-14-19-17-13-10-9-12-15(17)16(18)4-2/h9-10,12-13,16H,3-8,11,14,18H2,1-2H3/t16-/m0/s1. The predicted molar refractivity (Wildman–Crippen MR) is 82.5 cm³/mol. The third kappa shape index (κ3) is 6.11. The molecular weight excluding hydrogens is 234 g/mol. The van der Waals surface area contributed by atoms with Crippen LogP contribution in [-0.2, 0) is 0 Å². The average Bonchev–Trinajstić information content (AvgIpc) is 2.46. The van der Waals surface area contributed by atoms with Crippen LogP contribution in [0.25, 0.3) is 0 Å². The second kappa shape index (κ2) is 9.85. The number of hydrogen-bond donors (Lipinski definition) is 1. The maximum absolute atomic E-state index is 6.10. The molecule has 0 aliphatic heterocycles.